The molecule has 0 saturated heterocycles. The molecule has 5 heteroatoms. The zero-order valence-electron chi connectivity index (χ0n) is 19.3. The number of carbonyl (C=O) groups is 3. The Morgan fingerprint density at radius 3 is 2.24 bits per heavy atom. The average Bonchev–Trinajstić information content (AvgIpc) is 3.25. The highest BCUT2D eigenvalue weighted by Gasteiger charge is 2.50. The molecule has 0 spiro atoms. The van der Waals surface area contributed by atoms with Gasteiger partial charge in [0.1, 0.15) is 0 Å². The van der Waals surface area contributed by atoms with E-state index < -0.39 is 5.91 Å². The van der Waals surface area contributed by atoms with Gasteiger partial charge in [-0.3, -0.25) is 14.4 Å². The maximum absolute atomic E-state index is 13.4. The molecule has 4 aliphatic rings. The third-order valence-corrected chi connectivity index (χ3v) is 8.68. The monoisotopic (exact) mass is 454 g/mol. The molecule has 5 nitrogen and oxygen atoms in total. The SMILES string of the molecule is NC(=O)c1cccc(C(=O)c2ccc3c(C(=O)CCC45CC6CC(CC(C6)C4)C5)cccn23)c1. The van der Waals surface area contributed by atoms with Crippen molar-refractivity contribution in [2.24, 2.45) is 28.9 Å². The number of benzene rings is 1. The number of hydrogen-bond donors (Lipinski definition) is 1. The Bertz CT molecular complexity index is 1280. The van der Waals surface area contributed by atoms with Crippen LogP contribution in [0.3, 0.4) is 0 Å². The topological polar surface area (TPSA) is 81.6 Å². The van der Waals surface area contributed by atoms with Crippen molar-refractivity contribution < 1.29 is 14.4 Å². The van der Waals surface area contributed by atoms with Crippen molar-refractivity contribution in [3.05, 3.63) is 77.1 Å². The molecule has 3 aromatic rings. The molecule has 2 heterocycles. The third-order valence-electron chi connectivity index (χ3n) is 8.68. The molecule has 4 saturated carbocycles. The number of hydrogen-bond acceptors (Lipinski definition) is 3. The smallest absolute Gasteiger partial charge is 0.248 e. The van der Waals surface area contributed by atoms with Crippen LogP contribution >= 0.6 is 0 Å². The lowest BCUT2D eigenvalue weighted by atomic mass is 9.48. The number of carbonyl (C=O) groups excluding carboxylic acids is 3. The molecule has 4 bridgehead atoms. The number of primary amides is 1. The Hall–Kier alpha value is -3.21. The molecule has 2 N–H and O–H groups in total. The van der Waals surface area contributed by atoms with Gasteiger partial charge in [0.2, 0.25) is 11.7 Å². The highest BCUT2D eigenvalue weighted by atomic mass is 16.1. The summed E-state index contributed by atoms with van der Waals surface area (Å²) in [6, 6.07) is 13.8. The van der Waals surface area contributed by atoms with E-state index in [1.165, 1.54) is 44.6 Å². The van der Waals surface area contributed by atoms with E-state index in [1.54, 1.807) is 28.7 Å². The number of ketones is 2. The van der Waals surface area contributed by atoms with E-state index in [2.05, 4.69) is 0 Å². The van der Waals surface area contributed by atoms with Crippen LogP contribution in [0.1, 0.15) is 88.1 Å². The summed E-state index contributed by atoms with van der Waals surface area (Å²) in [4.78, 5) is 38.1. The van der Waals surface area contributed by atoms with E-state index in [4.69, 9.17) is 5.73 Å². The molecule has 2 aromatic heterocycles. The molecule has 174 valence electrons. The zero-order valence-corrected chi connectivity index (χ0v) is 19.3. The Balaban J connectivity index is 1.24. The quantitative estimate of drug-likeness (QED) is 0.482. The minimum absolute atomic E-state index is 0.161. The van der Waals surface area contributed by atoms with Gasteiger partial charge in [0.05, 0.1) is 11.2 Å². The van der Waals surface area contributed by atoms with Gasteiger partial charge in [0, 0.05) is 29.3 Å². The molecule has 4 fully saturated rings. The molecular weight excluding hydrogens is 424 g/mol. The number of nitrogens with two attached hydrogens (primary N) is 1. The first-order valence-electron chi connectivity index (χ1n) is 12.5. The van der Waals surface area contributed by atoms with Crippen LogP contribution in [0, 0.1) is 23.2 Å². The average molecular weight is 455 g/mol. The molecule has 0 aliphatic heterocycles. The highest BCUT2D eigenvalue weighted by molar-refractivity contribution is 6.11. The molecule has 0 unspecified atom stereocenters. The standard InChI is InChI=1S/C29H30N2O3/c30-28(34)22-4-1-3-21(14-22)27(33)25-7-6-24-23(5-2-10-31(24)25)26(32)8-9-29-15-18-11-19(16-29)13-20(12-18)17-29/h1-7,10,14,18-20H,8-9,11-13,15-17H2,(H2,30,34). The summed E-state index contributed by atoms with van der Waals surface area (Å²) in [7, 11) is 0. The van der Waals surface area contributed by atoms with Gasteiger partial charge in [-0.2, -0.15) is 0 Å². The summed E-state index contributed by atoms with van der Waals surface area (Å²) in [6.07, 6.45) is 11.5. The van der Waals surface area contributed by atoms with Crippen LogP contribution in [0.5, 0.6) is 0 Å². The zero-order chi connectivity index (χ0) is 23.4. The molecule has 7 rings (SSSR count). The number of Topliss-reactive ketones (excluding diaryl/α,β-unsaturated/α-hetero) is 1. The predicted octanol–water partition coefficient (Wildman–Crippen LogP) is 5.45. The fourth-order valence-electron chi connectivity index (χ4n) is 7.63. The minimum Gasteiger partial charge on any atom is -0.366 e. The Morgan fingerprint density at radius 1 is 0.882 bits per heavy atom. The Morgan fingerprint density at radius 2 is 1.56 bits per heavy atom. The van der Waals surface area contributed by atoms with Crippen molar-refractivity contribution in [1.82, 2.24) is 4.40 Å². The minimum atomic E-state index is -0.568. The van der Waals surface area contributed by atoms with Gasteiger partial charge < -0.3 is 10.1 Å². The first-order valence-corrected chi connectivity index (χ1v) is 12.5. The van der Waals surface area contributed by atoms with E-state index in [1.807, 2.05) is 24.4 Å². The third kappa shape index (κ3) is 3.58. The molecule has 1 amide bonds. The first kappa shape index (κ1) is 21.3. The van der Waals surface area contributed by atoms with Gasteiger partial charge in [0.25, 0.3) is 0 Å². The molecule has 1 aromatic carbocycles. The van der Waals surface area contributed by atoms with Gasteiger partial charge >= 0.3 is 0 Å². The van der Waals surface area contributed by atoms with Gasteiger partial charge in [-0.15, -0.1) is 0 Å². The Kier molecular flexibility index (Phi) is 4.98. The molecule has 0 radical (unpaired) electrons. The van der Waals surface area contributed by atoms with Crippen LogP contribution in [0.25, 0.3) is 5.52 Å². The lowest BCUT2D eigenvalue weighted by Crippen LogP contribution is -2.46. The highest BCUT2D eigenvalue weighted by Crippen LogP contribution is 2.61. The van der Waals surface area contributed by atoms with E-state index in [-0.39, 0.29) is 11.6 Å². The second-order valence-electron chi connectivity index (χ2n) is 11.0. The maximum Gasteiger partial charge on any atom is 0.248 e. The van der Waals surface area contributed by atoms with Gasteiger partial charge in [-0.05, 0) is 105 Å². The van der Waals surface area contributed by atoms with Crippen molar-refractivity contribution in [2.45, 2.75) is 51.4 Å². The van der Waals surface area contributed by atoms with Crippen LogP contribution in [-0.2, 0) is 0 Å². The molecule has 0 atom stereocenters. The number of rotatable bonds is 7. The number of aromatic nitrogens is 1. The van der Waals surface area contributed by atoms with Crippen molar-refractivity contribution in [1.29, 1.82) is 0 Å². The van der Waals surface area contributed by atoms with Crippen LogP contribution in [0.2, 0.25) is 0 Å². The predicted molar refractivity (Wildman–Crippen MR) is 130 cm³/mol. The number of nitrogens with zero attached hydrogens (tertiary/aromatic N) is 1. The van der Waals surface area contributed by atoms with Crippen LogP contribution in [0.4, 0.5) is 0 Å². The van der Waals surface area contributed by atoms with Crippen LogP contribution in [-0.4, -0.2) is 21.9 Å². The van der Waals surface area contributed by atoms with Crippen LogP contribution in [0.15, 0.2) is 54.7 Å². The fraction of sp³-hybridized carbons (Fsp3) is 0.414. The number of pyridine rings is 1. The summed E-state index contributed by atoms with van der Waals surface area (Å²) >= 11 is 0. The van der Waals surface area contributed by atoms with Gasteiger partial charge in [0.15, 0.2) is 5.78 Å². The number of fused-ring (bicyclic) bond motifs is 1. The molecular formula is C29H30N2O3. The molecule has 4 aliphatic carbocycles. The van der Waals surface area contributed by atoms with E-state index in [0.717, 1.165) is 29.7 Å². The summed E-state index contributed by atoms with van der Waals surface area (Å²) in [5.74, 6) is 2.04. The summed E-state index contributed by atoms with van der Waals surface area (Å²) in [6.45, 7) is 0. The van der Waals surface area contributed by atoms with Crippen molar-refractivity contribution >= 4 is 23.0 Å². The van der Waals surface area contributed by atoms with Crippen molar-refractivity contribution in [2.75, 3.05) is 0 Å². The van der Waals surface area contributed by atoms with Gasteiger partial charge in [-0.1, -0.05) is 12.1 Å². The summed E-state index contributed by atoms with van der Waals surface area (Å²) in [5, 5.41) is 0. The Labute approximate surface area is 199 Å². The second kappa shape index (κ2) is 7.93. The fourth-order valence-corrected chi connectivity index (χ4v) is 7.63. The first-order chi connectivity index (χ1) is 16.4. The maximum atomic E-state index is 13.4. The second-order valence-corrected chi connectivity index (χ2v) is 11.0. The van der Waals surface area contributed by atoms with Gasteiger partial charge in [-0.25, -0.2) is 0 Å². The largest absolute Gasteiger partial charge is 0.366 e. The normalized spacial score (nSPS) is 27.2. The van der Waals surface area contributed by atoms with E-state index in [9.17, 15) is 14.4 Å². The molecule has 34 heavy (non-hydrogen) atoms. The lowest BCUT2D eigenvalue weighted by Gasteiger charge is -2.57. The van der Waals surface area contributed by atoms with E-state index in [0.29, 0.717) is 34.2 Å². The van der Waals surface area contributed by atoms with E-state index >= 15 is 0 Å². The summed E-state index contributed by atoms with van der Waals surface area (Å²) < 4.78 is 1.79. The lowest BCUT2D eigenvalue weighted by molar-refractivity contribution is -0.0570. The van der Waals surface area contributed by atoms with Crippen molar-refractivity contribution in [3.63, 3.8) is 0 Å². The number of amides is 1. The van der Waals surface area contributed by atoms with Crippen molar-refractivity contribution in [3.8, 4) is 0 Å². The summed E-state index contributed by atoms with van der Waals surface area (Å²) in [5.41, 5.74) is 8.35. The van der Waals surface area contributed by atoms with Crippen LogP contribution < -0.4 is 5.73 Å².